The Kier molecular flexibility index (Phi) is 4.24. The first-order chi connectivity index (χ1) is 9.80. The van der Waals surface area contributed by atoms with E-state index in [2.05, 4.69) is 21.6 Å². The highest BCUT2D eigenvalue weighted by atomic mass is 16.7. The molecule has 1 aromatic rings. The molecule has 0 aromatic carbocycles. The van der Waals surface area contributed by atoms with Crippen molar-refractivity contribution < 1.29 is 9.31 Å². The van der Waals surface area contributed by atoms with Crippen LogP contribution in [0, 0.1) is 11.3 Å². The molecule has 1 aromatic heterocycles. The molecule has 2 heterocycles. The number of H-pyrrole nitrogens is 1. The molecule has 21 heavy (non-hydrogen) atoms. The van der Waals surface area contributed by atoms with Crippen LogP contribution in [-0.2, 0) is 9.31 Å². The fraction of sp³-hybridized carbons (Fsp3) is 0.571. The molecule has 1 aliphatic rings. The maximum absolute atomic E-state index is 9.05. The van der Waals surface area contributed by atoms with E-state index < -0.39 is 7.12 Å². The molecule has 0 saturated carbocycles. The SMILES string of the molecule is CNCC(=Cc1cn[nH]c1C#N)B1OC(C)(C)C(C)(C)O1. The highest BCUT2D eigenvalue weighted by Crippen LogP contribution is 2.38. The van der Waals surface area contributed by atoms with Gasteiger partial charge in [-0.15, -0.1) is 0 Å². The van der Waals surface area contributed by atoms with Crippen molar-refractivity contribution in [3.8, 4) is 6.07 Å². The summed E-state index contributed by atoms with van der Waals surface area (Å²) in [4.78, 5) is 0. The van der Waals surface area contributed by atoms with Crippen LogP contribution >= 0.6 is 0 Å². The van der Waals surface area contributed by atoms with E-state index in [4.69, 9.17) is 14.6 Å². The van der Waals surface area contributed by atoms with Gasteiger partial charge in [-0.25, -0.2) is 0 Å². The summed E-state index contributed by atoms with van der Waals surface area (Å²) in [6.07, 6.45) is 3.51. The first-order valence-corrected chi connectivity index (χ1v) is 6.95. The Morgan fingerprint density at radius 2 is 2.05 bits per heavy atom. The fourth-order valence-electron chi connectivity index (χ4n) is 2.10. The van der Waals surface area contributed by atoms with E-state index in [1.807, 2.05) is 40.8 Å². The molecule has 7 heteroatoms. The van der Waals surface area contributed by atoms with Crippen LogP contribution in [0.2, 0.25) is 0 Å². The van der Waals surface area contributed by atoms with Gasteiger partial charge in [0, 0.05) is 12.1 Å². The van der Waals surface area contributed by atoms with Gasteiger partial charge in [-0.3, -0.25) is 5.10 Å². The van der Waals surface area contributed by atoms with E-state index in [0.717, 1.165) is 11.0 Å². The van der Waals surface area contributed by atoms with Crippen molar-refractivity contribution in [3.63, 3.8) is 0 Å². The number of aromatic nitrogens is 2. The second kappa shape index (κ2) is 5.64. The van der Waals surface area contributed by atoms with Crippen molar-refractivity contribution in [2.45, 2.75) is 38.9 Å². The average molecular weight is 288 g/mol. The minimum atomic E-state index is -0.441. The fourth-order valence-corrected chi connectivity index (χ4v) is 2.10. The lowest BCUT2D eigenvalue weighted by molar-refractivity contribution is 0.00578. The molecule has 0 amide bonds. The number of rotatable bonds is 4. The van der Waals surface area contributed by atoms with Gasteiger partial charge in [0.2, 0.25) is 0 Å². The standard InChI is InChI=1S/C14H21BN4O2/c1-13(2)14(3,4)21-15(20-13)11(9-17-5)6-10-8-18-19-12(10)7-16/h6,8,17H,9H2,1-5H3,(H,18,19). The molecule has 0 spiro atoms. The predicted molar refractivity (Wildman–Crippen MR) is 81.3 cm³/mol. The van der Waals surface area contributed by atoms with Gasteiger partial charge < -0.3 is 14.6 Å². The van der Waals surface area contributed by atoms with E-state index in [0.29, 0.717) is 12.2 Å². The summed E-state index contributed by atoms with van der Waals surface area (Å²) in [5, 5.41) is 18.7. The lowest BCUT2D eigenvalue weighted by Gasteiger charge is -2.32. The Morgan fingerprint density at radius 3 is 2.57 bits per heavy atom. The van der Waals surface area contributed by atoms with Gasteiger partial charge in [0.1, 0.15) is 11.8 Å². The van der Waals surface area contributed by atoms with Crippen LogP contribution in [0.5, 0.6) is 0 Å². The summed E-state index contributed by atoms with van der Waals surface area (Å²) in [6, 6.07) is 2.08. The highest BCUT2D eigenvalue weighted by Gasteiger charge is 2.52. The topological polar surface area (TPSA) is 83.0 Å². The summed E-state index contributed by atoms with van der Waals surface area (Å²) in [5.41, 5.74) is 1.31. The van der Waals surface area contributed by atoms with E-state index in [1.54, 1.807) is 6.20 Å². The van der Waals surface area contributed by atoms with Gasteiger partial charge in [0.05, 0.1) is 17.4 Å². The lowest BCUT2D eigenvalue weighted by atomic mass is 9.77. The number of hydrogen-bond acceptors (Lipinski definition) is 5. The van der Waals surface area contributed by atoms with E-state index >= 15 is 0 Å². The van der Waals surface area contributed by atoms with Gasteiger partial charge in [-0.1, -0.05) is 6.08 Å². The van der Waals surface area contributed by atoms with Crippen molar-refractivity contribution in [1.29, 1.82) is 5.26 Å². The Hall–Kier alpha value is -1.62. The van der Waals surface area contributed by atoms with Gasteiger partial charge in [0.15, 0.2) is 0 Å². The molecule has 2 N–H and O–H groups in total. The smallest absolute Gasteiger partial charge is 0.400 e. The molecule has 1 fully saturated rings. The van der Waals surface area contributed by atoms with Gasteiger partial charge in [-0.05, 0) is 40.2 Å². The first kappa shape index (κ1) is 15.8. The third-order valence-electron chi connectivity index (χ3n) is 4.06. The Morgan fingerprint density at radius 1 is 1.43 bits per heavy atom. The number of nitrogens with one attached hydrogen (secondary N) is 2. The normalized spacial score (nSPS) is 20.6. The van der Waals surface area contributed by atoms with Gasteiger partial charge >= 0.3 is 7.12 Å². The number of hydrogen-bond donors (Lipinski definition) is 2. The second-order valence-electron chi connectivity index (χ2n) is 6.15. The lowest BCUT2D eigenvalue weighted by Crippen LogP contribution is -2.41. The Labute approximate surface area is 125 Å². The van der Waals surface area contributed by atoms with Gasteiger partial charge in [-0.2, -0.15) is 10.4 Å². The quantitative estimate of drug-likeness (QED) is 0.821. The average Bonchev–Trinajstić information content (AvgIpc) is 2.91. The van der Waals surface area contributed by atoms with Crippen LogP contribution in [0.3, 0.4) is 0 Å². The molecule has 1 saturated heterocycles. The summed E-state index contributed by atoms with van der Waals surface area (Å²) in [7, 11) is 1.42. The molecule has 0 aliphatic carbocycles. The van der Waals surface area contributed by atoms with Crippen molar-refractivity contribution in [2.24, 2.45) is 0 Å². The second-order valence-corrected chi connectivity index (χ2v) is 6.15. The van der Waals surface area contributed by atoms with E-state index in [1.165, 1.54) is 0 Å². The van der Waals surface area contributed by atoms with Crippen molar-refractivity contribution >= 4 is 13.2 Å². The van der Waals surface area contributed by atoms with Gasteiger partial charge in [0.25, 0.3) is 0 Å². The summed E-state index contributed by atoms with van der Waals surface area (Å²) in [6.45, 7) is 8.67. The molecular formula is C14H21BN4O2. The molecule has 0 radical (unpaired) electrons. The maximum atomic E-state index is 9.05. The number of likely N-dealkylation sites (N-methyl/N-ethyl adjacent to an activating group) is 1. The van der Waals surface area contributed by atoms with Crippen LogP contribution < -0.4 is 5.32 Å². The van der Waals surface area contributed by atoms with Crippen molar-refractivity contribution in [3.05, 3.63) is 22.9 Å². The monoisotopic (exact) mass is 288 g/mol. The molecule has 6 nitrogen and oxygen atoms in total. The Bertz CT molecular complexity index is 570. The molecule has 112 valence electrons. The highest BCUT2D eigenvalue weighted by molar-refractivity contribution is 6.55. The minimum absolute atomic E-state index is 0.390. The summed E-state index contributed by atoms with van der Waals surface area (Å²) >= 11 is 0. The zero-order valence-electron chi connectivity index (χ0n) is 13.2. The Balaban J connectivity index is 2.31. The minimum Gasteiger partial charge on any atom is -0.400 e. The van der Waals surface area contributed by atoms with Crippen LogP contribution in [0.15, 0.2) is 11.7 Å². The number of nitrogens with zero attached hydrogens (tertiary/aromatic N) is 2. The third kappa shape index (κ3) is 3.03. The predicted octanol–water partition coefficient (Wildman–Crippen LogP) is 1.52. The summed E-state index contributed by atoms with van der Waals surface area (Å²) < 4.78 is 12.1. The molecule has 2 rings (SSSR count). The number of nitriles is 1. The molecular weight excluding hydrogens is 267 g/mol. The largest absolute Gasteiger partial charge is 0.491 e. The maximum Gasteiger partial charge on any atom is 0.491 e. The van der Waals surface area contributed by atoms with E-state index in [-0.39, 0.29) is 11.2 Å². The van der Waals surface area contributed by atoms with Crippen LogP contribution in [0.4, 0.5) is 0 Å². The molecule has 0 unspecified atom stereocenters. The molecule has 0 bridgehead atoms. The van der Waals surface area contributed by atoms with Crippen LogP contribution in [-0.4, -0.2) is 42.1 Å². The molecule has 1 aliphatic heterocycles. The zero-order valence-corrected chi connectivity index (χ0v) is 13.2. The first-order valence-electron chi connectivity index (χ1n) is 6.95. The third-order valence-corrected chi connectivity index (χ3v) is 4.06. The number of aromatic amines is 1. The molecule has 0 atom stereocenters. The van der Waals surface area contributed by atoms with Crippen LogP contribution in [0.1, 0.15) is 39.0 Å². The van der Waals surface area contributed by atoms with E-state index in [9.17, 15) is 0 Å². The van der Waals surface area contributed by atoms with Crippen LogP contribution in [0.25, 0.3) is 6.08 Å². The zero-order chi connectivity index (χ0) is 15.7. The van der Waals surface area contributed by atoms with Crippen molar-refractivity contribution in [1.82, 2.24) is 15.5 Å². The summed E-state index contributed by atoms with van der Waals surface area (Å²) in [5.74, 6) is 0. The van der Waals surface area contributed by atoms with Crippen molar-refractivity contribution in [2.75, 3.05) is 13.6 Å².